The Kier molecular flexibility index (Phi) is 3.93. The van der Waals surface area contributed by atoms with Crippen LogP contribution in [0.15, 0.2) is 35.2 Å². The van der Waals surface area contributed by atoms with Gasteiger partial charge in [0, 0.05) is 10.4 Å². The van der Waals surface area contributed by atoms with Crippen molar-refractivity contribution < 1.29 is 0 Å². The standard InChI is InChI=1S/C12H13ClN2S/c1-2-14-12(11-7-16-8-15-11)9-3-5-10(13)6-4-9/h3-8,12,14H,2H2,1H3. The van der Waals surface area contributed by atoms with Crippen LogP contribution in [0.2, 0.25) is 5.02 Å². The summed E-state index contributed by atoms with van der Waals surface area (Å²) in [6.07, 6.45) is 0. The molecule has 0 aliphatic carbocycles. The zero-order valence-corrected chi connectivity index (χ0v) is 10.6. The summed E-state index contributed by atoms with van der Waals surface area (Å²) < 4.78 is 0. The van der Waals surface area contributed by atoms with Crippen LogP contribution < -0.4 is 5.32 Å². The van der Waals surface area contributed by atoms with Crippen molar-refractivity contribution in [3.63, 3.8) is 0 Å². The SMILES string of the molecule is CCNC(c1ccc(Cl)cc1)c1cscn1. The van der Waals surface area contributed by atoms with Crippen molar-refractivity contribution in [3.05, 3.63) is 51.4 Å². The fourth-order valence-corrected chi connectivity index (χ4v) is 2.32. The van der Waals surface area contributed by atoms with Crippen LogP contribution in [0.5, 0.6) is 0 Å². The second-order valence-electron chi connectivity index (χ2n) is 3.46. The molecule has 4 heteroatoms. The molecule has 1 heterocycles. The van der Waals surface area contributed by atoms with Crippen LogP contribution in [0.25, 0.3) is 0 Å². The van der Waals surface area contributed by atoms with E-state index in [9.17, 15) is 0 Å². The number of aromatic nitrogens is 1. The van der Waals surface area contributed by atoms with Crippen LogP contribution in [0.3, 0.4) is 0 Å². The number of nitrogens with one attached hydrogen (secondary N) is 1. The number of thiazole rings is 1. The zero-order valence-electron chi connectivity index (χ0n) is 8.98. The lowest BCUT2D eigenvalue weighted by molar-refractivity contribution is 0.619. The molecule has 0 aliphatic heterocycles. The zero-order chi connectivity index (χ0) is 11.4. The normalized spacial score (nSPS) is 12.6. The fraction of sp³-hybridized carbons (Fsp3) is 0.250. The minimum absolute atomic E-state index is 0.161. The Balaban J connectivity index is 2.29. The minimum atomic E-state index is 0.161. The van der Waals surface area contributed by atoms with E-state index in [1.807, 2.05) is 29.8 Å². The van der Waals surface area contributed by atoms with Crippen LogP contribution in [0, 0.1) is 0 Å². The first kappa shape index (κ1) is 11.6. The minimum Gasteiger partial charge on any atom is -0.305 e. The molecular formula is C12H13ClN2S. The Bertz CT molecular complexity index is 425. The summed E-state index contributed by atoms with van der Waals surface area (Å²) in [6.45, 7) is 3.00. The number of hydrogen-bond acceptors (Lipinski definition) is 3. The third kappa shape index (κ3) is 2.61. The molecule has 0 saturated heterocycles. The highest BCUT2D eigenvalue weighted by Crippen LogP contribution is 2.23. The molecular weight excluding hydrogens is 240 g/mol. The van der Waals surface area contributed by atoms with E-state index >= 15 is 0 Å². The average molecular weight is 253 g/mol. The van der Waals surface area contributed by atoms with Gasteiger partial charge < -0.3 is 5.32 Å². The van der Waals surface area contributed by atoms with Gasteiger partial charge in [-0.3, -0.25) is 0 Å². The van der Waals surface area contributed by atoms with Gasteiger partial charge in [-0.1, -0.05) is 30.7 Å². The van der Waals surface area contributed by atoms with E-state index in [-0.39, 0.29) is 6.04 Å². The molecule has 16 heavy (non-hydrogen) atoms. The largest absolute Gasteiger partial charge is 0.305 e. The van der Waals surface area contributed by atoms with E-state index < -0.39 is 0 Å². The van der Waals surface area contributed by atoms with Gasteiger partial charge in [0.1, 0.15) is 0 Å². The van der Waals surface area contributed by atoms with Gasteiger partial charge in [-0.25, -0.2) is 4.98 Å². The lowest BCUT2D eigenvalue weighted by Gasteiger charge is -2.16. The van der Waals surface area contributed by atoms with Crippen LogP contribution in [-0.2, 0) is 0 Å². The predicted octanol–water partition coefficient (Wildman–Crippen LogP) is 3.50. The topological polar surface area (TPSA) is 24.9 Å². The molecule has 0 fully saturated rings. The molecule has 0 aliphatic rings. The molecule has 2 nitrogen and oxygen atoms in total. The molecule has 84 valence electrons. The van der Waals surface area contributed by atoms with E-state index in [0.717, 1.165) is 17.3 Å². The number of halogens is 1. The van der Waals surface area contributed by atoms with Crippen LogP contribution >= 0.6 is 22.9 Å². The van der Waals surface area contributed by atoms with Crippen LogP contribution in [0.1, 0.15) is 24.2 Å². The van der Waals surface area contributed by atoms with E-state index in [2.05, 4.69) is 22.6 Å². The van der Waals surface area contributed by atoms with Gasteiger partial charge in [0.2, 0.25) is 0 Å². The number of rotatable bonds is 4. The van der Waals surface area contributed by atoms with Gasteiger partial charge in [0.15, 0.2) is 0 Å². The van der Waals surface area contributed by atoms with Crippen LogP contribution in [0.4, 0.5) is 0 Å². The Hall–Kier alpha value is -0.900. The van der Waals surface area contributed by atoms with Gasteiger partial charge in [0.25, 0.3) is 0 Å². The second kappa shape index (κ2) is 5.43. The lowest BCUT2D eigenvalue weighted by atomic mass is 10.0. The molecule has 0 radical (unpaired) electrons. The van der Waals surface area contributed by atoms with Crippen molar-refractivity contribution in [1.82, 2.24) is 10.3 Å². The maximum absolute atomic E-state index is 5.88. The van der Waals surface area contributed by atoms with Gasteiger partial charge in [-0.15, -0.1) is 11.3 Å². The third-order valence-electron chi connectivity index (χ3n) is 2.36. The van der Waals surface area contributed by atoms with Gasteiger partial charge in [-0.05, 0) is 24.2 Å². The molecule has 1 N–H and O–H groups in total. The van der Waals surface area contributed by atoms with E-state index in [1.54, 1.807) is 11.3 Å². The van der Waals surface area contributed by atoms with Gasteiger partial charge in [0.05, 0.1) is 17.2 Å². The van der Waals surface area contributed by atoms with Crippen molar-refractivity contribution in [1.29, 1.82) is 0 Å². The summed E-state index contributed by atoms with van der Waals surface area (Å²) >= 11 is 7.50. The molecule has 0 saturated carbocycles. The van der Waals surface area contributed by atoms with Crippen molar-refractivity contribution in [2.24, 2.45) is 0 Å². The maximum atomic E-state index is 5.88. The molecule has 0 spiro atoms. The summed E-state index contributed by atoms with van der Waals surface area (Å²) in [5.41, 5.74) is 4.11. The van der Waals surface area contributed by atoms with Crippen molar-refractivity contribution >= 4 is 22.9 Å². The lowest BCUT2D eigenvalue weighted by Crippen LogP contribution is -2.22. The first-order valence-electron chi connectivity index (χ1n) is 5.18. The second-order valence-corrected chi connectivity index (χ2v) is 4.61. The number of hydrogen-bond donors (Lipinski definition) is 1. The van der Waals surface area contributed by atoms with Crippen molar-refractivity contribution in [2.75, 3.05) is 6.54 Å². The highest BCUT2D eigenvalue weighted by atomic mass is 35.5. The average Bonchev–Trinajstić information content (AvgIpc) is 2.81. The Morgan fingerprint density at radius 2 is 2.12 bits per heavy atom. The molecule has 1 atom stereocenters. The molecule has 0 amide bonds. The monoisotopic (exact) mass is 252 g/mol. The van der Waals surface area contributed by atoms with E-state index in [1.165, 1.54) is 5.56 Å². The molecule has 1 aromatic carbocycles. The summed E-state index contributed by atoms with van der Waals surface area (Å²) in [6, 6.07) is 8.05. The first-order chi connectivity index (χ1) is 7.81. The third-order valence-corrected chi connectivity index (χ3v) is 3.22. The first-order valence-corrected chi connectivity index (χ1v) is 6.50. The number of nitrogens with zero attached hydrogens (tertiary/aromatic N) is 1. The van der Waals surface area contributed by atoms with E-state index in [0.29, 0.717) is 0 Å². The van der Waals surface area contributed by atoms with Gasteiger partial charge in [-0.2, -0.15) is 0 Å². The van der Waals surface area contributed by atoms with E-state index in [4.69, 9.17) is 11.6 Å². The Labute approximate surface area is 104 Å². The smallest absolute Gasteiger partial charge is 0.0795 e. The summed E-state index contributed by atoms with van der Waals surface area (Å²) in [5.74, 6) is 0. The van der Waals surface area contributed by atoms with Gasteiger partial charge >= 0.3 is 0 Å². The van der Waals surface area contributed by atoms with Crippen molar-refractivity contribution in [2.45, 2.75) is 13.0 Å². The molecule has 2 aromatic rings. The summed E-state index contributed by atoms with van der Waals surface area (Å²) in [7, 11) is 0. The molecule has 1 aromatic heterocycles. The Morgan fingerprint density at radius 1 is 1.38 bits per heavy atom. The molecule has 2 rings (SSSR count). The summed E-state index contributed by atoms with van der Waals surface area (Å²) in [4.78, 5) is 4.36. The maximum Gasteiger partial charge on any atom is 0.0795 e. The predicted molar refractivity (Wildman–Crippen MR) is 69.1 cm³/mol. The quantitative estimate of drug-likeness (QED) is 0.901. The fourth-order valence-electron chi connectivity index (χ4n) is 1.62. The number of benzene rings is 1. The van der Waals surface area contributed by atoms with Crippen LogP contribution in [-0.4, -0.2) is 11.5 Å². The Morgan fingerprint density at radius 3 is 2.69 bits per heavy atom. The summed E-state index contributed by atoms with van der Waals surface area (Å²) in [5, 5.41) is 6.25. The molecule has 0 bridgehead atoms. The molecule has 1 unspecified atom stereocenters. The highest BCUT2D eigenvalue weighted by Gasteiger charge is 2.14. The van der Waals surface area contributed by atoms with Crippen molar-refractivity contribution in [3.8, 4) is 0 Å². The highest BCUT2D eigenvalue weighted by molar-refractivity contribution is 7.07.